The van der Waals surface area contributed by atoms with E-state index in [0.29, 0.717) is 29.4 Å². The SMILES string of the molecule is Cc1noc(C)c1C(=O)NC(CCC(=O)O)CC1CCCCC1. The Morgan fingerprint density at radius 3 is 2.57 bits per heavy atom. The van der Waals surface area contributed by atoms with Crippen LogP contribution in [-0.4, -0.2) is 28.2 Å². The highest BCUT2D eigenvalue weighted by Gasteiger charge is 2.24. The predicted molar refractivity (Wildman–Crippen MR) is 85.3 cm³/mol. The van der Waals surface area contributed by atoms with E-state index in [4.69, 9.17) is 9.63 Å². The molecule has 0 aliphatic heterocycles. The van der Waals surface area contributed by atoms with Gasteiger partial charge in [0.25, 0.3) is 5.91 Å². The average Bonchev–Trinajstić information content (AvgIpc) is 2.85. The summed E-state index contributed by atoms with van der Waals surface area (Å²) in [5.74, 6) is 0.0276. The van der Waals surface area contributed by atoms with Gasteiger partial charge < -0.3 is 14.9 Å². The van der Waals surface area contributed by atoms with Gasteiger partial charge in [-0.15, -0.1) is 0 Å². The molecular weight excluding hydrogens is 296 g/mol. The Labute approximate surface area is 136 Å². The zero-order chi connectivity index (χ0) is 16.8. The second-order valence-electron chi connectivity index (χ2n) is 6.54. The van der Waals surface area contributed by atoms with E-state index in [1.165, 1.54) is 32.1 Å². The minimum atomic E-state index is -0.828. The first-order valence-electron chi connectivity index (χ1n) is 8.43. The maximum atomic E-state index is 12.5. The van der Waals surface area contributed by atoms with Crippen LogP contribution in [0.25, 0.3) is 0 Å². The number of carboxylic acids is 1. The van der Waals surface area contributed by atoms with Gasteiger partial charge in [0.05, 0.1) is 5.69 Å². The molecule has 2 rings (SSSR count). The van der Waals surface area contributed by atoms with E-state index in [-0.39, 0.29) is 18.4 Å². The zero-order valence-electron chi connectivity index (χ0n) is 13.9. The molecule has 0 bridgehead atoms. The van der Waals surface area contributed by atoms with Crippen LogP contribution in [0.4, 0.5) is 0 Å². The van der Waals surface area contributed by atoms with Gasteiger partial charge in [0.15, 0.2) is 0 Å². The van der Waals surface area contributed by atoms with E-state index < -0.39 is 5.97 Å². The molecule has 6 heteroatoms. The Hall–Kier alpha value is -1.85. The van der Waals surface area contributed by atoms with Gasteiger partial charge in [0.1, 0.15) is 11.3 Å². The minimum Gasteiger partial charge on any atom is -0.481 e. The van der Waals surface area contributed by atoms with Crippen LogP contribution in [0.15, 0.2) is 4.52 Å². The summed E-state index contributed by atoms with van der Waals surface area (Å²) in [5.41, 5.74) is 1.03. The van der Waals surface area contributed by atoms with Crippen molar-refractivity contribution in [1.29, 1.82) is 0 Å². The summed E-state index contributed by atoms with van der Waals surface area (Å²) in [6.07, 6.45) is 7.46. The molecule has 0 aromatic carbocycles. The molecule has 1 aliphatic carbocycles. The van der Waals surface area contributed by atoms with Crippen LogP contribution in [0.3, 0.4) is 0 Å². The Morgan fingerprint density at radius 1 is 1.30 bits per heavy atom. The summed E-state index contributed by atoms with van der Waals surface area (Å²) in [6.45, 7) is 3.45. The molecular formula is C17H26N2O4. The van der Waals surface area contributed by atoms with Gasteiger partial charge in [-0.3, -0.25) is 9.59 Å². The summed E-state index contributed by atoms with van der Waals surface area (Å²) >= 11 is 0. The van der Waals surface area contributed by atoms with E-state index in [2.05, 4.69) is 10.5 Å². The van der Waals surface area contributed by atoms with Crippen molar-refractivity contribution in [3.05, 3.63) is 17.0 Å². The van der Waals surface area contributed by atoms with Crippen molar-refractivity contribution in [2.45, 2.75) is 71.3 Å². The second kappa shape index (κ2) is 8.13. The Morgan fingerprint density at radius 2 is 2.00 bits per heavy atom. The molecule has 0 saturated heterocycles. The predicted octanol–water partition coefficient (Wildman–Crippen LogP) is 3.23. The topological polar surface area (TPSA) is 92.4 Å². The summed E-state index contributed by atoms with van der Waals surface area (Å²) in [4.78, 5) is 23.4. The van der Waals surface area contributed by atoms with Gasteiger partial charge in [0, 0.05) is 12.5 Å². The van der Waals surface area contributed by atoms with Gasteiger partial charge in [-0.25, -0.2) is 0 Å². The Bertz CT molecular complexity index is 527. The molecule has 0 spiro atoms. The third kappa shape index (κ3) is 5.08. The number of aromatic nitrogens is 1. The zero-order valence-corrected chi connectivity index (χ0v) is 13.9. The monoisotopic (exact) mass is 322 g/mol. The summed E-state index contributed by atoms with van der Waals surface area (Å²) in [6, 6.07) is -0.115. The van der Waals surface area contributed by atoms with Crippen LogP contribution < -0.4 is 5.32 Å². The number of amides is 1. The van der Waals surface area contributed by atoms with Crippen LogP contribution in [0.1, 0.15) is 73.2 Å². The number of rotatable bonds is 7. The normalized spacial score (nSPS) is 17.0. The molecule has 0 radical (unpaired) electrons. The van der Waals surface area contributed by atoms with E-state index in [1.807, 2.05) is 0 Å². The van der Waals surface area contributed by atoms with Crippen LogP contribution in [0.2, 0.25) is 0 Å². The molecule has 1 aliphatic rings. The number of aliphatic carboxylic acids is 1. The van der Waals surface area contributed by atoms with E-state index in [1.54, 1.807) is 13.8 Å². The fourth-order valence-corrected chi connectivity index (χ4v) is 3.44. The quantitative estimate of drug-likeness (QED) is 0.804. The van der Waals surface area contributed by atoms with Gasteiger partial charge in [-0.1, -0.05) is 37.3 Å². The van der Waals surface area contributed by atoms with Crippen LogP contribution in [0.5, 0.6) is 0 Å². The van der Waals surface area contributed by atoms with Crippen molar-refractivity contribution >= 4 is 11.9 Å². The highest BCUT2D eigenvalue weighted by Crippen LogP contribution is 2.28. The highest BCUT2D eigenvalue weighted by molar-refractivity contribution is 5.96. The maximum absolute atomic E-state index is 12.5. The molecule has 1 saturated carbocycles. The molecule has 128 valence electrons. The summed E-state index contributed by atoms with van der Waals surface area (Å²) < 4.78 is 5.04. The van der Waals surface area contributed by atoms with E-state index in [0.717, 1.165) is 6.42 Å². The first-order valence-corrected chi connectivity index (χ1v) is 8.43. The lowest BCUT2D eigenvalue weighted by atomic mass is 9.84. The molecule has 2 N–H and O–H groups in total. The number of nitrogens with one attached hydrogen (secondary N) is 1. The number of carboxylic acid groups (broad SMARTS) is 1. The maximum Gasteiger partial charge on any atom is 0.303 e. The van der Waals surface area contributed by atoms with Crippen molar-refractivity contribution in [1.82, 2.24) is 10.5 Å². The van der Waals surface area contributed by atoms with Crippen molar-refractivity contribution in [2.24, 2.45) is 5.92 Å². The second-order valence-corrected chi connectivity index (χ2v) is 6.54. The standard InChI is InChI=1S/C17H26N2O4/c1-11-16(12(2)23-19-11)17(22)18-14(8-9-15(20)21)10-13-6-4-3-5-7-13/h13-14H,3-10H2,1-2H3,(H,18,22)(H,20,21). The molecule has 23 heavy (non-hydrogen) atoms. The fraction of sp³-hybridized carbons (Fsp3) is 0.706. The molecule has 1 aromatic heterocycles. The van der Waals surface area contributed by atoms with Crippen molar-refractivity contribution in [3.8, 4) is 0 Å². The largest absolute Gasteiger partial charge is 0.481 e. The van der Waals surface area contributed by atoms with Crippen molar-refractivity contribution in [3.63, 3.8) is 0 Å². The lowest BCUT2D eigenvalue weighted by Crippen LogP contribution is -2.37. The fourth-order valence-electron chi connectivity index (χ4n) is 3.44. The highest BCUT2D eigenvalue weighted by atomic mass is 16.5. The van der Waals surface area contributed by atoms with E-state index in [9.17, 15) is 9.59 Å². The third-order valence-corrected chi connectivity index (χ3v) is 4.64. The number of hydrogen-bond acceptors (Lipinski definition) is 4. The molecule has 1 fully saturated rings. The molecule has 1 atom stereocenters. The number of carbonyl (C=O) groups excluding carboxylic acids is 1. The number of carbonyl (C=O) groups is 2. The van der Waals surface area contributed by atoms with Crippen molar-refractivity contribution < 1.29 is 19.2 Å². The molecule has 1 unspecified atom stereocenters. The Kier molecular flexibility index (Phi) is 6.19. The first-order chi connectivity index (χ1) is 11.0. The third-order valence-electron chi connectivity index (χ3n) is 4.64. The minimum absolute atomic E-state index is 0.0687. The van der Waals surface area contributed by atoms with Crippen LogP contribution in [-0.2, 0) is 4.79 Å². The lowest BCUT2D eigenvalue weighted by Gasteiger charge is -2.27. The van der Waals surface area contributed by atoms with Gasteiger partial charge in [-0.2, -0.15) is 0 Å². The number of nitrogens with zero attached hydrogens (tertiary/aromatic N) is 1. The number of hydrogen-bond donors (Lipinski definition) is 2. The Balaban J connectivity index is 2.00. The summed E-state index contributed by atoms with van der Waals surface area (Å²) in [5, 5.41) is 15.7. The van der Waals surface area contributed by atoms with Gasteiger partial charge in [-0.05, 0) is 32.6 Å². The average molecular weight is 322 g/mol. The van der Waals surface area contributed by atoms with E-state index >= 15 is 0 Å². The van der Waals surface area contributed by atoms with Gasteiger partial charge >= 0.3 is 5.97 Å². The molecule has 6 nitrogen and oxygen atoms in total. The first kappa shape index (κ1) is 17.5. The van der Waals surface area contributed by atoms with Crippen molar-refractivity contribution in [2.75, 3.05) is 0 Å². The van der Waals surface area contributed by atoms with Crippen LogP contribution in [0, 0.1) is 19.8 Å². The molecule has 1 amide bonds. The molecule has 1 heterocycles. The summed E-state index contributed by atoms with van der Waals surface area (Å²) in [7, 11) is 0. The van der Waals surface area contributed by atoms with Crippen LogP contribution >= 0.6 is 0 Å². The smallest absolute Gasteiger partial charge is 0.303 e. The lowest BCUT2D eigenvalue weighted by molar-refractivity contribution is -0.137. The molecule has 1 aromatic rings. The number of aryl methyl sites for hydroxylation is 2. The van der Waals surface area contributed by atoms with Gasteiger partial charge in [0.2, 0.25) is 0 Å².